The minimum Gasteiger partial charge on any atom is -0.452 e. The van der Waals surface area contributed by atoms with E-state index in [2.05, 4.69) is 21.8 Å². The number of piperazine rings is 1. The molecular weight excluding hydrogens is 310 g/mol. The molecule has 2 aliphatic heterocycles. The molecule has 5 heteroatoms. The highest BCUT2D eigenvalue weighted by Gasteiger charge is 2.23. The van der Waals surface area contributed by atoms with Crippen LogP contribution < -0.4 is 9.64 Å². The van der Waals surface area contributed by atoms with Gasteiger partial charge >= 0.3 is 0 Å². The Morgan fingerprint density at radius 1 is 1.09 bits per heavy atom. The van der Waals surface area contributed by atoms with Gasteiger partial charge in [0, 0.05) is 43.0 Å². The monoisotopic (exact) mass is 327 g/mol. The molecule has 1 fully saturated rings. The van der Waals surface area contributed by atoms with Gasteiger partial charge in [-0.3, -0.25) is 4.99 Å². The molecule has 118 valence electrons. The van der Waals surface area contributed by atoms with Crippen LogP contribution in [0.25, 0.3) is 0 Å². The van der Waals surface area contributed by atoms with Crippen molar-refractivity contribution < 1.29 is 4.74 Å². The van der Waals surface area contributed by atoms with Crippen molar-refractivity contribution in [3.63, 3.8) is 0 Å². The number of nitrogens with zero attached hydrogens (tertiary/aromatic N) is 3. The first kappa shape index (κ1) is 14.5. The lowest BCUT2D eigenvalue weighted by Gasteiger charge is -2.35. The average Bonchev–Trinajstić information content (AvgIpc) is 2.74. The van der Waals surface area contributed by atoms with E-state index in [-0.39, 0.29) is 0 Å². The van der Waals surface area contributed by atoms with Gasteiger partial charge in [-0.25, -0.2) is 0 Å². The van der Waals surface area contributed by atoms with Crippen LogP contribution in [0.4, 0.5) is 11.4 Å². The lowest BCUT2D eigenvalue weighted by atomic mass is 10.2. The second-order valence-electron chi connectivity index (χ2n) is 5.96. The largest absolute Gasteiger partial charge is 0.452 e. The summed E-state index contributed by atoms with van der Waals surface area (Å²) in [7, 11) is 2.15. The molecule has 4 rings (SSSR count). The second kappa shape index (κ2) is 5.87. The maximum Gasteiger partial charge on any atom is 0.176 e. The van der Waals surface area contributed by atoms with E-state index in [0.29, 0.717) is 5.02 Å². The van der Waals surface area contributed by atoms with Crippen LogP contribution in [0.15, 0.2) is 41.4 Å². The van der Waals surface area contributed by atoms with Gasteiger partial charge in [0.05, 0.1) is 5.69 Å². The molecule has 0 bridgehead atoms. The zero-order valence-corrected chi connectivity index (χ0v) is 13.8. The van der Waals surface area contributed by atoms with Crippen molar-refractivity contribution in [3.05, 3.63) is 47.0 Å². The summed E-state index contributed by atoms with van der Waals surface area (Å²) in [5, 5.41) is 0.685. The molecule has 0 N–H and O–H groups in total. The normalized spacial score (nSPS) is 17.2. The Balaban J connectivity index is 1.79. The van der Waals surface area contributed by atoms with E-state index in [4.69, 9.17) is 16.3 Å². The molecule has 4 nitrogen and oxygen atoms in total. The number of halogens is 1. The fraction of sp³-hybridized carbons (Fsp3) is 0.278. The van der Waals surface area contributed by atoms with Crippen molar-refractivity contribution in [2.45, 2.75) is 0 Å². The Morgan fingerprint density at radius 2 is 1.87 bits per heavy atom. The third-order valence-corrected chi connectivity index (χ3v) is 4.55. The molecule has 2 aromatic carbocycles. The smallest absolute Gasteiger partial charge is 0.176 e. The molecule has 0 radical (unpaired) electrons. The van der Waals surface area contributed by atoms with E-state index in [1.807, 2.05) is 42.6 Å². The third-order valence-electron chi connectivity index (χ3n) is 4.33. The number of hydrogen-bond acceptors (Lipinski definition) is 4. The van der Waals surface area contributed by atoms with Crippen LogP contribution in [0.3, 0.4) is 0 Å². The van der Waals surface area contributed by atoms with Crippen molar-refractivity contribution in [1.82, 2.24) is 4.90 Å². The summed E-state index contributed by atoms with van der Waals surface area (Å²) in [6, 6.07) is 11.8. The second-order valence-corrected chi connectivity index (χ2v) is 6.40. The van der Waals surface area contributed by atoms with Gasteiger partial charge in [-0.1, -0.05) is 23.7 Å². The molecule has 2 heterocycles. The van der Waals surface area contributed by atoms with Gasteiger partial charge < -0.3 is 14.5 Å². The van der Waals surface area contributed by atoms with Gasteiger partial charge in [0.2, 0.25) is 0 Å². The molecule has 2 aromatic rings. The van der Waals surface area contributed by atoms with E-state index in [1.165, 1.54) is 0 Å². The van der Waals surface area contributed by atoms with E-state index < -0.39 is 0 Å². The Labute approximate surface area is 140 Å². The third kappa shape index (κ3) is 2.80. The summed E-state index contributed by atoms with van der Waals surface area (Å²) in [5.74, 6) is 1.62. The van der Waals surface area contributed by atoms with E-state index in [1.54, 1.807) is 0 Å². The summed E-state index contributed by atoms with van der Waals surface area (Å²) in [6.07, 6.45) is 1.84. The van der Waals surface area contributed by atoms with Crippen LogP contribution in [-0.2, 0) is 0 Å². The predicted octanol–water partition coefficient (Wildman–Crippen LogP) is 3.95. The molecule has 23 heavy (non-hydrogen) atoms. The van der Waals surface area contributed by atoms with Gasteiger partial charge in [0.25, 0.3) is 0 Å². The van der Waals surface area contributed by atoms with Crippen molar-refractivity contribution in [1.29, 1.82) is 0 Å². The average molecular weight is 328 g/mol. The summed E-state index contributed by atoms with van der Waals surface area (Å²) < 4.78 is 6.23. The molecule has 0 saturated carbocycles. The van der Waals surface area contributed by atoms with Gasteiger partial charge in [-0.15, -0.1) is 0 Å². The van der Waals surface area contributed by atoms with Crippen LogP contribution in [0.2, 0.25) is 5.02 Å². The predicted molar refractivity (Wildman–Crippen MR) is 94.9 cm³/mol. The number of ether oxygens (including phenoxy) is 1. The number of aliphatic imine (C=N–C) groups is 1. The molecule has 0 atom stereocenters. The van der Waals surface area contributed by atoms with Gasteiger partial charge in [0.15, 0.2) is 5.75 Å². The molecule has 0 amide bonds. The van der Waals surface area contributed by atoms with Crippen LogP contribution in [0, 0.1) is 0 Å². The Morgan fingerprint density at radius 3 is 2.70 bits per heavy atom. The fourth-order valence-electron chi connectivity index (χ4n) is 2.98. The van der Waals surface area contributed by atoms with Gasteiger partial charge in [-0.05, 0) is 31.3 Å². The first-order valence-electron chi connectivity index (χ1n) is 7.79. The maximum absolute atomic E-state index is 6.33. The quantitative estimate of drug-likeness (QED) is 0.677. The number of hydrogen-bond donors (Lipinski definition) is 0. The first-order chi connectivity index (χ1) is 11.2. The van der Waals surface area contributed by atoms with Crippen molar-refractivity contribution >= 4 is 29.2 Å². The molecule has 1 saturated heterocycles. The topological polar surface area (TPSA) is 28.1 Å². The van der Waals surface area contributed by atoms with Crippen LogP contribution in [0.1, 0.15) is 5.56 Å². The van der Waals surface area contributed by atoms with E-state index in [0.717, 1.165) is 54.6 Å². The summed E-state index contributed by atoms with van der Waals surface area (Å²) in [4.78, 5) is 9.24. The van der Waals surface area contributed by atoms with Crippen molar-refractivity contribution in [2.24, 2.45) is 4.99 Å². The molecule has 0 aliphatic carbocycles. The number of anilines is 1. The first-order valence-corrected chi connectivity index (χ1v) is 8.16. The highest BCUT2D eigenvalue weighted by molar-refractivity contribution is 6.31. The number of rotatable bonds is 1. The Bertz CT molecular complexity index is 767. The van der Waals surface area contributed by atoms with Gasteiger partial charge in [-0.2, -0.15) is 0 Å². The number of fused-ring (bicyclic) bond motifs is 2. The standard InChI is InChI=1S/C18H18ClN3O/c1-21-6-8-22(9-7-21)16-11-14(19)10-15-18(16)23-17-5-3-2-4-13(17)12-20-15/h2-5,10-12H,6-9H2,1H3. The van der Waals surface area contributed by atoms with Gasteiger partial charge in [0.1, 0.15) is 11.4 Å². The van der Waals surface area contributed by atoms with Crippen LogP contribution >= 0.6 is 11.6 Å². The molecular formula is C18H18ClN3O. The summed E-state index contributed by atoms with van der Waals surface area (Å²) in [5.41, 5.74) is 2.78. The number of likely N-dealkylation sites (N-methyl/N-ethyl adjacent to an activating group) is 1. The molecule has 2 aliphatic rings. The number of benzene rings is 2. The minimum atomic E-state index is 0.685. The van der Waals surface area contributed by atoms with E-state index in [9.17, 15) is 0 Å². The Kier molecular flexibility index (Phi) is 3.71. The Hall–Kier alpha value is -2.04. The summed E-state index contributed by atoms with van der Waals surface area (Å²) in [6.45, 7) is 3.97. The van der Waals surface area contributed by atoms with Crippen LogP contribution in [0.5, 0.6) is 11.5 Å². The SMILES string of the molecule is CN1CCN(c2cc(Cl)cc3c2Oc2ccccc2C=N3)CC1. The number of para-hydroxylation sites is 1. The lowest BCUT2D eigenvalue weighted by molar-refractivity contribution is 0.312. The zero-order valence-electron chi connectivity index (χ0n) is 13.0. The molecule has 0 spiro atoms. The lowest BCUT2D eigenvalue weighted by Crippen LogP contribution is -2.44. The minimum absolute atomic E-state index is 0.685. The maximum atomic E-state index is 6.33. The molecule has 0 aromatic heterocycles. The van der Waals surface area contributed by atoms with E-state index >= 15 is 0 Å². The highest BCUT2D eigenvalue weighted by Crippen LogP contribution is 2.45. The highest BCUT2D eigenvalue weighted by atomic mass is 35.5. The van der Waals surface area contributed by atoms with Crippen molar-refractivity contribution in [3.8, 4) is 11.5 Å². The zero-order chi connectivity index (χ0) is 15.8. The fourth-order valence-corrected chi connectivity index (χ4v) is 3.18. The van der Waals surface area contributed by atoms with Crippen molar-refractivity contribution in [2.75, 3.05) is 38.1 Å². The summed E-state index contributed by atoms with van der Waals surface area (Å²) >= 11 is 6.33. The molecule has 0 unspecified atom stereocenters. The van der Waals surface area contributed by atoms with Crippen LogP contribution in [-0.4, -0.2) is 44.3 Å².